The quantitative estimate of drug-likeness (QED) is 0.841. The number of carbonyl (C=O) groups is 1. The molecule has 20 heavy (non-hydrogen) atoms. The van der Waals surface area contributed by atoms with Crippen molar-refractivity contribution in [3.63, 3.8) is 0 Å². The van der Waals surface area contributed by atoms with Crippen LogP contribution in [0.2, 0.25) is 5.15 Å². The molecule has 1 fully saturated rings. The zero-order chi connectivity index (χ0) is 14.8. The second-order valence-electron chi connectivity index (χ2n) is 6.00. The number of pyridine rings is 1. The van der Waals surface area contributed by atoms with E-state index < -0.39 is 5.60 Å². The molecule has 1 heterocycles. The number of hydrogen-bond acceptors (Lipinski definition) is 4. The first-order valence-electron chi connectivity index (χ1n) is 6.70. The minimum absolute atomic E-state index is 0.151. The number of nitrogens with zero attached hydrogens (tertiary/aromatic N) is 1. The standard InChI is InChI=1S/C14H20ClN3O2/c1-14(2,3)20-13(19)18-10-7-9(8-10)17-11-5-4-6-16-12(11)15/h4-6,9-10,17H,7-8H2,1-3H3,(H,18,19). The lowest BCUT2D eigenvalue weighted by atomic mass is 9.87. The lowest BCUT2D eigenvalue weighted by molar-refractivity contribution is 0.0475. The zero-order valence-electron chi connectivity index (χ0n) is 11.9. The van der Waals surface area contributed by atoms with E-state index in [1.807, 2.05) is 32.9 Å². The van der Waals surface area contributed by atoms with Gasteiger partial charge in [0.05, 0.1) is 5.69 Å². The van der Waals surface area contributed by atoms with Crippen LogP contribution in [-0.4, -0.2) is 28.8 Å². The van der Waals surface area contributed by atoms with Crippen molar-refractivity contribution in [2.24, 2.45) is 0 Å². The van der Waals surface area contributed by atoms with E-state index >= 15 is 0 Å². The minimum atomic E-state index is -0.464. The molecule has 0 aromatic carbocycles. The fourth-order valence-corrected chi connectivity index (χ4v) is 2.22. The van der Waals surface area contributed by atoms with Gasteiger partial charge in [-0.2, -0.15) is 0 Å². The first kappa shape index (κ1) is 14.9. The minimum Gasteiger partial charge on any atom is -0.444 e. The number of amides is 1. The molecule has 0 atom stereocenters. The molecular weight excluding hydrogens is 278 g/mol. The summed E-state index contributed by atoms with van der Waals surface area (Å²) in [6, 6.07) is 4.18. The molecule has 1 amide bonds. The molecule has 2 N–H and O–H groups in total. The third kappa shape index (κ3) is 4.27. The second kappa shape index (κ2) is 5.87. The van der Waals surface area contributed by atoms with Crippen LogP contribution in [0.1, 0.15) is 33.6 Å². The molecule has 1 saturated carbocycles. The predicted molar refractivity (Wildman–Crippen MR) is 79.0 cm³/mol. The van der Waals surface area contributed by atoms with Gasteiger partial charge in [-0.25, -0.2) is 9.78 Å². The van der Waals surface area contributed by atoms with Gasteiger partial charge in [-0.05, 0) is 45.7 Å². The number of halogens is 1. The monoisotopic (exact) mass is 297 g/mol. The summed E-state index contributed by atoms with van der Waals surface area (Å²) in [5, 5.41) is 6.63. The van der Waals surface area contributed by atoms with Crippen molar-refractivity contribution in [3.8, 4) is 0 Å². The summed E-state index contributed by atoms with van der Waals surface area (Å²) >= 11 is 5.98. The van der Waals surface area contributed by atoms with E-state index in [-0.39, 0.29) is 12.1 Å². The van der Waals surface area contributed by atoms with Crippen molar-refractivity contribution < 1.29 is 9.53 Å². The Labute approximate surface area is 124 Å². The van der Waals surface area contributed by atoms with Crippen LogP contribution < -0.4 is 10.6 Å². The summed E-state index contributed by atoms with van der Waals surface area (Å²) < 4.78 is 5.22. The van der Waals surface area contributed by atoms with Crippen molar-refractivity contribution in [2.45, 2.75) is 51.3 Å². The fourth-order valence-electron chi connectivity index (χ4n) is 2.04. The highest BCUT2D eigenvalue weighted by Gasteiger charge is 2.31. The molecule has 2 rings (SSSR count). The largest absolute Gasteiger partial charge is 0.444 e. The molecule has 1 aromatic heterocycles. The summed E-state index contributed by atoms with van der Waals surface area (Å²) in [5.41, 5.74) is 0.365. The van der Waals surface area contributed by atoms with Crippen LogP contribution in [0.3, 0.4) is 0 Å². The predicted octanol–water partition coefficient (Wildman–Crippen LogP) is 3.20. The zero-order valence-corrected chi connectivity index (χ0v) is 12.7. The Morgan fingerprint density at radius 3 is 2.70 bits per heavy atom. The van der Waals surface area contributed by atoms with E-state index in [4.69, 9.17) is 16.3 Å². The van der Waals surface area contributed by atoms with E-state index in [0.29, 0.717) is 11.2 Å². The van der Waals surface area contributed by atoms with E-state index in [0.717, 1.165) is 18.5 Å². The summed E-state index contributed by atoms with van der Waals surface area (Å²) in [5.74, 6) is 0. The molecule has 1 aromatic rings. The van der Waals surface area contributed by atoms with Gasteiger partial charge >= 0.3 is 6.09 Å². The van der Waals surface area contributed by atoms with Crippen molar-refractivity contribution in [3.05, 3.63) is 23.5 Å². The maximum Gasteiger partial charge on any atom is 0.407 e. The molecule has 6 heteroatoms. The smallest absolute Gasteiger partial charge is 0.407 e. The summed E-state index contributed by atoms with van der Waals surface area (Å²) in [7, 11) is 0. The van der Waals surface area contributed by atoms with Gasteiger partial charge < -0.3 is 15.4 Å². The molecule has 0 spiro atoms. The third-order valence-electron chi connectivity index (χ3n) is 2.98. The van der Waals surface area contributed by atoms with E-state index in [2.05, 4.69) is 15.6 Å². The highest BCUT2D eigenvalue weighted by molar-refractivity contribution is 6.31. The van der Waals surface area contributed by atoms with Crippen LogP contribution in [0, 0.1) is 0 Å². The van der Waals surface area contributed by atoms with Crippen LogP contribution in [0.15, 0.2) is 18.3 Å². The Hall–Kier alpha value is -1.49. The molecule has 5 nitrogen and oxygen atoms in total. The van der Waals surface area contributed by atoms with Gasteiger partial charge in [0.15, 0.2) is 5.15 Å². The maximum atomic E-state index is 11.6. The van der Waals surface area contributed by atoms with Gasteiger partial charge in [-0.1, -0.05) is 11.6 Å². The number of alkyl carbamates (subject to hydrolysis) is 1. The number of carbonyl (C=O) groups excluding carboxylic acids is 1. The first-order valence-corrected chi connectivity index (χ1v) is 7.08. The molecule has 110 valence electrons. The van der Waals surface area contributed by atoms with Gasteiger partial charge in [-0.15, -0.1) is 0 Å². The Morgan fingerprint density at radius 2 is 2.10 bits per heavy atom. The number of nitrogens with one attached hydrogen (secondary N) is 2. The van der Waals surface area contributed by atoms with Crippen molar-refractivity contribution >= 4 is 23.4 Å². The molecule has 1 aliphatic rings. The van der Waals surface area contributed by atoms with E-state index in [1.54, 1.807) is 6.20 Å². The number of aromatic nitrogens is 1. The first-order chi connectivity index (χ1) is 9.33. The van der Waals surface area contributed by atoms with E-state index in [1.165, 1.54) is 0 Å². The summed E-state index contributed by atoms with van der Waals surface area (Å²) in [6.07, 6.45) is 3.00. The van der Waals surface area contributed by atoms with Crippen LogP contribution in [0.4, 0.5) is 10.5 Å². The number of anilines is 1. The summed E-state index contributed by atoms with van der Waals surface area (Å²) in [6.45, 7) is 5.55. The summed E-state index contributed by atoms with van der Waals surface area (Å²) in [4.78, 5) is 15.6. The number of ether oxygens (including phenoxy) is 1. The molecule has 1 aliphatic carbocycles. The molecular formula is C14H20ClN3O2. The highest BCUT2D eigenvalue weighted by atomic mass is 35.5. The average Bonchev–Trinajstić information content (AvgIpc) is 2.26. The fraction of sp³-hybridized carbons (Fsp3) is 0.571. The van der Waals surface area contributed by atoms with Gasteiger partial charge in [0.1, 0.15) is 5.60 Å². The highest BCUT2D eigenvalue weighted by Crippen LogP contribution is 2.27. The third-order valence-corrected chi connectivity index (χ3v) is 3.28. The van der Waals surface area contributed by atoms with Crippen molar-refractivity contribution in [1.29, 1.82) is 0 Å². The molecule has 0 unspecified atom stereocenters. The Balaban J connectivity index is 1.73. The number of hydrogen-bond donors (Lipinski definition) is 2. The lowest BCUT2D eigenvalue weighted by Crippen LogP contribution is -2.50. The van der Waals surface area contributed by atoms with Crippen molar-refractivity contribution in [2.75, 3.05) is 5.32 Å². The Morgan fingerprint density at radius 1 is 1.40 bits per heavy atom. The Kier molecular flexibility index (Phi) is 4.38. The van der Waals surface area contributed by atoms with Crippen LogP contribution in [0.5, 0.6) is 0 Å². The molecule has 0 radical (unpaired) electrons. The van der Waals surface area contributed by atoms with Crippen LogP contribution in [0.25, 0.3) is 0 Å². The van der Waals surface area contributed by atoms with Gasteiger partial charge in [0, 0.05) is 18.3 Å². The second-order valence-corrected chi connectivity index (χ2v) is 6.36. The molecule has 0 saturated heterocycles. The van der Waals surface area contributed by atoms with Gasteiger partial charge in [0.25, 0.3) is 0 Å². The normalized spacial score (nSPS) is 21.8. The Bertz CT molecular complexity index is 482. The van der Waals surface area contributed by atoms with E-state index in [9.17, 15) is 4.79 Å². The van der Waals surface area contributed by atoms with Gasteiger partial charge in [-0.3, -0.25) is 0 Å². The van der Waals surface area contributed by atoms with Crippen LogP contribution in [-0.2, 0) is 4.74 Å². The molecule has 0 bridgehead atoms. The van der Waals surface area contributed by atoms with Crippen molar-refractivity contribution in [1.82, 2.24) is 10.3 Å². The lowest BCUT2D eigenvalue weighted by Gasteiger charge is -2.37. The topological polar surface area (TPSA) is 63.2 Å². The number of rotatable bonds is 3. The van der Waals surface area contributed by atoms with Crippen LogP contribution >= 0.6 is 11.6 Å². The maximum absolute atomic E-state index is 11.6. The average molecular weight is 298 g/mol. The SMILES string of the molecule is CC(C)(C)OC(=O)NC1CC(Nc2cccnc2Cl)C1. The molecule has 0 aliphatic heterocycles. The van der Waals surface area contributed by atoms with Gasteiger partial charge in [0.2, 0.25) is 0 Å².